The highest BCUT2D eigenvalue weighted by Crippen LogP contribution is 2.28. The molecule has 0 spiro atoms. The highest BCUT2D eigenvalue weighted by Gasteiger charge is 2.26. The number of carbonyl (C=O) groups excluding carboxylic acids is 2. The number of esters is 1. The summed E-state index contributed by atoms with van der Waals surface area (Å²) >= 11 is 1.29. The van der Waals surface area contributed by atoms with Crippen LogP contribution in [-0.2, 0) is 9.47 Å². The molecule has 2 N–H and O–H groups in total. The lowest BCUT2D eigenvalue weighted by Gasteiger charge is -2.26. The topological polar surface area (TPSA) is 89.5 Å². The zero-order chi connectivity index (χ0) is 18.1. The summed E-state index contributed by atoms with van der Waals surface area (Å²) < 4.78 is 10.2. The minimum Gasteiger partial charge on any atom is -0.464 e. The van der Waals surface area contributed by atoms with Gasteiger partial charge in [0.15, 0.2) is 11.8 Å². The van der Waals surface area contributed by atoms with Crippen LogP contribution in [0.4, 0.5) is 4.79 Å². The molecule has 0 aliphatic rings. The molecule has 0 saturated carbocycles. The van der Waals surface area contributed by atoms with Gasteiger partial charge in [0.25, 0.3) is 0 Å². The number of amides is 1. The van der Waals surface area contributed by atoms with E-state index in [9.17, 15) is 9.59 Å². The Morgan fingerprint density at radius 1 is 1.38 bits per heavy atom. The van der Waals surface area contributed by atoms with Gasteiger partial charge in [0.05, 0.1) is 7.11 Å². The van der Waals surface area contributed by atoms with Gasteiger partial charge in [-0.3, -0.25) is 0 Å². The van der Waals surface area contributed by atoms with Crippen molar-refractivity contribution in [3.8, 4) is 0 Å². The van der Waals surface area contributed by atoms with Crippen LogP contribution in [-0.4, -0.2) is 43.8 Å². The van der Waals surface area contributed by atoms with Gasteiger partial charge in [-0.1, -0.05) is 20.8 Å². The number of alkyl carbamates (subject to hydrolysis) is 1. The largest absolute Gasteiger partial charge is 0.464 e. The van der Waals surface area contributed by atoms with Gasteiger partial charge in [0, 0.05) is 24.9 Å². The van der Waals surface area contributed by atoms with Crippen LogP contribution in [0.5, 0.6) is 0 Å². The number of methoxy groups -OCH3 is 1. The lowest BCUT2D eigenvalue weighted by atomic mass is 9.98. The van der Waals surface area contributed by atoms with Gasteiger partial charge < -0.3 is 20.1 Å². The first-order valence-electron chi connectivity index (χ1n) is 8.08. The van der Waals surface area contributed by atoms with Crippen LogP contribution < -0.4 is 10.6 Å². The van der Waals surface area contributed by atoms with E-state index in [4.69, 9.17) is 4.74 Å². The molecule has 7 nitrogen and oxygen atoms in total. The first-order chi connectivity index (χ1) is 11.4. The Labute approximate surface area is 147 Å². The summed E-state index contributed by atoms with van der Waals surface area (Å²) in [5, 5.41) is 8.13. The molecule has 1 amide bonds. The monoisotopic (exact) mass is 357 g/mol. The predicted octanol–water partition coefficient (Wildman–Crippen LogP) is 2.74. The van der Waals surface area contributed by atoms with E-state index < -0.39 is 18.2 Å². The van der Waals surface area contributed by atoms with E-state index in [2.05, 4.69) is 41.1 Å². The maximum Gasteiger partial charge on any atom is 0.407 e. The molecule has 0 saturated heterocycles. The van der Waals surface area contributed by atoms with Crippen molar-refractivity contribution in [2.24, 2.45) is 5.92 Å². The zero-order valence-corrected chi connectivity index (χ0v) is 15.7. The van der Waals surface area contributed by atoms with Crippen molar-refractivity contribution in [1.29, 1.82) is 0 Å². The minimum atomic E-state index is -0.523. The number of aromatic nitrogens is 1. The van der Waals surface area contributed by atoms with E-state index in [1.165, 1.54) is 25.5 Å². The molecule has 1 aromatic heterocycles. The van der Waals surface area contributed by atoms with Gasteiger partial charge in [-0.25, -0.2) is 14.6 Å². The van der Waals surface area contributed by atoms with Crippen LogP contribution in [0.25, 0.3) is 0 Å². The van der Waals surface area contributed by atoms with Crippen molar-refractivity contribution in [3.63, 3.8) is 0 Å². The number of nitrogens with zero attached hydrogens (tertiary/aromatic N) is 1. The molecule has 0 aromatic carbocycles. The summed E-state index contributed by atoms with van der Waals surface area (Å²) in [5.74, 6) is -0.131. The molecule has 0 radical (unpaired) electrons. The molecular weight excluding hydrogens is 330 g/mol. The van der Waals surface area contributed by atoms with Crippen LogP contribution in [0.1, 0.15) is 55.2 Å². The maximum atomic E-state index is 11.7. The Morgan fingerprint density at radius 3 is 2.62 bits per heavy atom. The van der Waals surface area contributed by atoms with E-state index >= 15 is 0 Å². The number of ether oxygens (including phenoxy) is 2. The van der Waals surface area contributed by atoms with Gasteiger partial charge >= 0.3 is 12.1 Å². The molecule has 0 bridgehead atoms. The normalized spacial score (nSPS) is 13.4. The van der Waals surface area contributed by atoms with Gasteiger partial charge in [-0.05, 0) is 18.9 Å². The molecule has 0 fully saturated rings. The van der Waals surface area contributed by atoms with Crippen LogP contribution in [0.15, 0.2) is 5.38 Å². The number of hydrogen-bond acceptors (Lipinski definition) is 7. The second-order valence-corrected chi connectivity index (χ2v) is 6.64. The third-order valence-corrected chi connectivity index (χ3v) is 4.51. The predicted molar refractivity (Wildman–Crippen MR) is 93.3 cm³/mol. The highest BCUT2D eigenvalue weighted by atomic mass is 32.1. The Balaban J connectivity index is 2.95. The van der Waals surface area contributed by atoms with Crippen molar-refractivity contribution < 1.29 is 19.1 Å². The molecule has 136 valence electrons. The molecule has 1 heterocycles. The van der Waals surface area contributed by atoms with E-state index in [1.54, 1.807) is 5.38 Å². The van der Waals surface area contributed by atoms with Gasteiger partial charge in [0.1, 0.15) is 5.01 Å². The Bertz CT molecular complexity index is 533. The van der Waals surface area contributed by atoms with Crippen molar-refractivity contribution in [1.82, 2.24) is 15.6 Å². The smallest absolute Gasteiger partial charge is 0.407 e. The van der Waals surface area contributed by atoms with E-state index in [-0.39, 0.29) is 11.7 Å². The average Bonchev–Trinajstić information content (AvgIpc) is 3.06. The minimum absolute atomic E-state index is 0.171. The number of carbonyl (C=O) groups is 2. The number of nitrogens with one attached hydrogen (secondary N) is 2. The van der Waals surface area contributed by atoms with Crippen molar-refractivity contribution >= 4 is 23.4 Å². The molecular formula is C16H27N3O4S. The van der Waals surface area contributed by atoms with Crippen LogP contribution in [0, 0.1) is 5.92 Å². The molecule has 2 atom stereocenters. The van der Waals surface area contributed by atoms with Gasteiger partial charge in [-0.15, -0.1) is 11.3 Å². The standard InChI is InChI=1S/C16H27N3O4S/c1-6-7-18-11(10(2)3)8-13(23-16(21)17-4)14-19-12(9-24-14)15(20)22-5/h9-11,13,18H,6-8H2,1-5H3,(H,17,21)/t11-,13-/m1/s1. The maximum absolute atomic E-state index is 11.7. The number of rotatable bonds is 9. The fourth-order valence-electron chi connectivity index (χ4n) is 2.17. The lowest BCUT2D eigenvalue weighted by molar-refractivity contribution is 0.0593. The second kappa shape index (κ2) is 10.2. The fraction of sp³-hybridized carbons (Fsp3) is 0.688. The summed E-state index contributed by atoms with van der Waals surface area (Å²) in [6.07, 6.45) is 0.561. The van der Waals surface area contributed by atoms with E-state index in [1.807, 2.05) is 0 Å². The van der Waals surface area contributed by atoms with Crippen molar-refractivity contribution in [2.75, 3.05) is 20.7 Å². The quantitative estimate of drug-likeness (QED) is 0.661. The summed E-state index contributed by atoms with van der Waals surface area (Å²) in [4.78, 5) is 27.6. The molecule has 24 heavy (non-hydrogen) atoms. The first-order valence-corrected chi connectivity index (χ1v) is 8.96. The van der Waals surface area contributed by atoms with Crippen molar-refractivity contribution in [3.05, 3.63) is 16.1 Å². The van der Waals surface area contributed by atoms with Gasteiger partial charge in [-0.2, -0.15) is 0 Å². The Hall–Kier alpha value is -1.67. The first kappa shape index (κ1) is 20.4. The summed E-state index contributed by atoms with van der Waals surface area (Å²) in [5.41, 5.74) is 0.227. The number of hydrogen-bond donors (Lipinski definition) is 2. The molecule has 0 aliphatic heterocycles. The fourth-order valence-corrected chi connectivity index (χ4v) is 3.00. The molecule has 0 aliphatic carbocycles. The Morgan fingerprint density at radius 2 is 2.08 bits per heavy atom. The Kier molecular flexibility index (Phi) is 8.70. The lowest BCUT2D eigenvalue weighted by Crippen LogP contribution is -2.37. The van der Waals surface area contributed by atoms with Crippen LogP contribution in [0.2, 0.25) is 0 Å². The zero-order valence-electron chi connectivity index (χ0n) is 14.9. The molecule has 1 aromatic rings. The van der Waals surface area contributed by atoms with E-state index in [0.717, 1.165) is 13.0 Å². The second-order valence-electron chi connectivity index (χ2n) is 5.75. The summed E-state index contributed by atoms with van der Waals surface area (Å²) in [6, 6.07) is 0.171. The average molecular weight is 357 g/mol. The SMILES string of the molecule is CCCN[C@H](C[C@@H](OC(=O)NC)c1nc(C(=O)OC)cs1)C(C)C. The van der Waals surface area contributed by atoms with Crippen LogP contribution in [0.3, 0.4) is 0 Å². The molecule has 8 heteroatoms. The van der Waals surface area contributed by atoms with Crippen molar-refractivity contribution in [2.45, 2.75) is 45.8 Å². The molecule has 0 unspecified atom stereocenters. The van der Waals surface area contributed by atoms with Crippen LogP contribution >= 0.6 is 11.3 Å². The molecule has 1 rings (SSSR count). The van der Waals surface area contributed by atoms with E-state index in [0.29, 0.717) is 17.3 Å². The summed E-state index contributed by atoms with van der Waals surface area (Å²) in [7, 11) is 2.82. The third kappa shape index (κ3) is 6.09. The summed E-state index contributed by atoms with van der Waals surface area (Å²) in [6.45, 7) is 7.23. The third-order valence-electron chi connectivity index (χ3n) is 3.57. The number of thiazole rings is 1. The highest BCUT2D eigenvalue weighted by molar-refractivity contribution is 7.09. The van der Waals surface area contributed by atoms with Gasteiger partial charge in [0.2, 0.25) is 0 Å².